The van der Waals surface area contributed by atoms with E-state index in [1.54, 1.807) is 12.1 Å². The molecule has 0 amide bonds. The smallest absolute Gasteiger partial charge is 0.124 e. The molecule has 106 valence electrons. The molecule has 0 heterocycles. The van der Waals surface area contributed by atoms with Gasteiger partial charge in [0, 0.05) is 23.7 Å². The molecule has 3 heteroatoms. The van der Waals surface area contributed by atoms with Gasteiger partial charge < -0.3 is 15.5 Å². The molecule has 0 spiro atoms. The van der Waals surface area contributed by atoms with E-state index in [1.807, 2.05) is 19.1 Å². The molecule has 0 radical (unpaired) electrons. The molecule has 0 fully saturated rings. The van der Waals surface area contributed by atoms with Gasteiger partial charge in [-0.3, -0.25) is 0 Å². The van der Waals surface area contributed by atoms with E-state index in [9.17, 15) is 10.2 Å². The number of aryl methyl sites for hydroxylation is 1. The van der Waals surface area contributed by atoms with Crippen LogP contribution in [0.2, 0.25) is 0 Å². The van der Waals surface area contributed by atoms with Gasteiger partial charge in [0.05, 0.1) is 0 Å². The van der Waals surface area contributed by atoms with Crippen molar-refractivity contribution in [3.05, 3.63) is 59.2 Å². The summed E-state index contributed by atoms with van der Waals surface area (Å²) in [6.45, 7) is 6.20. The average Bonchev–Trinajstić information content (AvgIpc) is 2.38. The third-order valence-electron chi connectivity index (χ3n) is 3.64. The van der Waals surface area contributed by atoms with Gasteiger partial charge in [-0.25, -0.2) is 0 Å². The minimum Gasteiger partial charge on any atom is -0.508 e. The lowest BCUT2D eigenvalue weighted by Crippen LogP contribution is -2.23. The number of hydrogen-bond donors (Lipinski definition) is 3. The van der Waals surface area contributed by atoms with Crippen LogP contribution in [0.15, 0.2) is 42.5 Å². The molecule has 0 aromatic heterocycles. The van der Waals surface area contributed by atoms with Crippen LogP contribution in [-0.2, 0) is 0 Å². The molecule has 0 saturated carbocycles. The summed E-state index contributed by atoms with van der Waals surface area (Å²) in [5.74, 6) is 0.187. The minimum absolute atomic E-state index is 0.00907. The summed E-state index contributed by atoms with van der Waals surface area (Å²) in [4.78, 5) is 0. The van der Waals surface area contributed by atoms with Crippen LogP contribution >= 0.6 is 0 Å². The second kappa shape index (κ2) is 5.97. The first-order chi connectivity index (χ1) is 9.49. The van der Waals surface area contributed by atoms with Crippen LogP contribution in [0.3, 0.4) is 0 Å². The van der Waals surface area contributed by atoms with Crippen molar-refractivity contribution in [1.82, 2.24) is 5.32 Å². The molecular weight excluding hydrogens is 250 g/mol. The van der Waals surface area contributed by atoms with Gasteiger partial charge in [0.25, 0.3) is 0 Å². The van der Waals surface area contributed by atoms with E-state index in [0.29, 0.717) is 0 Å². The quantitative estimate of drug-likeness (QED) is 0.792. The largest absolute Gasteiger partial charge is 0.508 e. The SMILES string of the molecule is Cc1ccccc1C(C)NC(C)c1ccc(O)cc1O. The molecule has 3 N–H and O–H groups in total. The van der Waals surface area contributed by atoms with Crippen molar-refractivity contribution in [2.75, 3.05) is 0 Å². The number of hydrogen-bond acceptors (Lipinski definition) is 3. The highest BCUT2D eigenvalue weighted by molar-refractivity contribution is 5.40. The van der Waals surface area contributed by atoms with Crippen LogP contribution in [0, 0.1) is 6.92 Å². The molecule has 0 bridgehead atoms. The van der Waals surface area contributed by atoms with E-state index >= 15 is 0 Å². The molecule has 2 aromatic rings. The molecule has 2 aromatic carbocycles. The Hall–Kier alpha value is -2.00. The van der Waals surface area contributed by atoms with Crippen molar-refractivity contribution in [2.45, 2.75) is 32.9 Å². The van der Waals surface area contributed by atoms with E-state index < -0.39 is 0 Å². The van der Waals surface area contributed by atoms with Gasteiger partial charge in [-0.2, -0.15) is 0 Å². The number of aromatic hydroxyl groups is 2. The van der Waals surface area contributed by atoms with E-state index in [4.69, 9.17) is 0 Å². The first kappa shape index (κ1) is 14.4. The van der Waals surface area contributed by atoms with Crippen LogP contribution in [-0.4, -0.2) is 10.2 Å². The first-order valence-corrected chi connectivity index (χ1v) is 6.82. The maximum absolute atomic E-state index is 9.90. The Morgan fingerprint density at radius 2 is 1.55 bits per heavy atom. The lowest BCUT2D eigenvalue weighted by atomic mass is 10.00. The maximum atomic E-state index is 9.90. The third-order valence-corrected chi connectivity index (χ3v) is 3.64. The first-order valence-electron chi connectivity index (χ1n) is 6.82. The lowest BCUT2D eigenvalue weighted by molar-refractivity contribution is 0.427. The summed E-state index contributed by atoms with van der Waals surface area (Å²) in [5, 5.41) is 22.7. The van der Waals surface area contributed by atoms with Crippen LogP contribution in [0.25, 0.3) is 0 Å². The second-order valence-electron chi connectivity index (χ2n) is 5.21. The van der Waals surface area contributed by atoms with E-state index in [2.05, 4.69) is 31.3 Å². The van der Waals surface area contributed by atoms with Gasteiger partial charge in [-0.15, -0.1) is 0 Å². The summed E-state index contributed by atoms with van der Waals surface area (Å²) < 4.78 is 0. The summed E-state index contributed by atoms with van der Waals surface area (Å²) in [6, 6.07) is 13.1. The molecule has 2 rings (SSSR count). The monoisotopic (exact) mass is 271 g/mol. The summed E-state index contributed by atoms with van der Waals surface area (Å²) in [5.41, 5.74) is 3.27. The Bertz CT molecular complexity index is 595. The zero-order valence-corrected chi connectivity index (χ0v) is 12.1. The molecule has 20 heavy (non-hydrogen) atoms. The highest BCUT2D eigenvalue weighted by atomic mass is 16.3. The molecule has 2 unspecified atom stereocenters. The van der Waals surface area contributed by atoms with Crippen LogP contribution in [0.5, 0.6) is 11.5 Å². The van der Waals surface area contributed by atoms with Gasteiger partial charge in [-0.05, 0) is 38.0 Å². The predicted octanol–water partition coefficient (Wildman–Crippen LogP) is 3.82. The van der Waals surface area contributed by atoms with Crippen LogP contribution in [0.4, 0.5) is 0 Å². The van der Waals surface area contributed by atoms with Gasteiger partial charge in [0.15, 0.2) is 0 Å². The van der Waals surface area contributed by atoms with Gasteiger partial charge in [-0.1, -0.05) is 30.3 Å². The topological polar surface area (TPSA) is 52.5 Å². The van der Waals surface area contributed by atoms with Crippen molar-refractivity contribution >= 4 is 0 Å². The van der Waals surface area contributed by atoms with Crippen molar-refractivity contribution in [3.63, 3.8) is 0 Å². The average molecular weight is 271 g/mol. The third kappa shape index (κ3) is 3.11. The fraction of sp³-hybridized carbons (Fsp3) is 0.294. The Kier molecular flexibility index (Phi) is 4.30. The van der Waals surface area contributed by atoms with Gasteiger partial charge >= 0.3 is 0 Å². The maximum Gasteiger partial charge on any atom is 0.124 e. The van der Waals surface area contributed by atoms with Crippen molar-refractivity contribution in [3.8, 4) is 11.5 Å². The van der Waals surface area contributed by atoms with Crippen molar-refractivity contribution in [2.24, 2.45) is 0 Å². The van der Waals surface area contributed by atoms with Crippen LogP contribution < -0.4 is 5.32 Å². The molecule has 3 nitrogen and oxygen atoms in total. The summed E-state index contributed by atoms with van der Waals surface area (Å²) in [7, 11) is 0. The molecule has 0 aliphatic rings. The van der Waals surface area contributed by atoms with Crippen molar-refractivity contribution < 1.29 is 10.2 Å². The lowest BCUT2D eigenvalue weighted by Gasteiger charge is -2.22. The van der Waals surface area contributed by atoms with Gasteiger partial charge in [0.1, 0.15) is 11.5 Å². The molecular formula is C17H21NO2. The highest BCUT2D eigenvalue weighted by Crippen LogP contribution is 2.29. The fourth-order valence-corrected chi connectivity index (χ4v) is 2.53. The summed E-state index contributed by atoms with van der Waals surface area (Å²) in [6.07, 6.45) is 0. The highest BCUT2D eigenvalue weighted by Gasteiger charge is 2.15. The normalized spacial score (nSPS) is 13.9. The fourth-order valence-electron chi connectivity index (χ4n) is 2.53. The Labute approximate surface area is 119 Å². The molecule has 0 saturated heterocycles. The molecule has 2 atom stereocenters. The Morgan fingerprint density at radius 1 is 0.900 bits per heavy atom. The van der Waals surface area contributed by atoms with E-state index in [-0.39, 0.29) is 23.6 Å². The van der Waals surface area contributed by atoms with E-state index in [0.717, 1.165) is 5.56 Å². The number of phenolic OH excluding ortho intramolecular Hbond substituents is 2. The molecule has 0 aliphatic carbocycles. The second-order valence-corrected chi connectivity index (χ2v) is 5.21. The van der Waals surface area contributed by atoms with E-state index in [1.165, 1.54) is 17.2 Å². The number of benzene rings is 2. The standard InChI is InChI=1S/C17H21NO2/c1-11-6-4-5-7-15(11)12(2)18-13(3)16-9-8-14(19)10-17(16)20/h4-10,12-13,18-20H,1-3H3. The number of rotatable bonds is 4. The predicted molar refractivity (Wildman–Crippen MR) is 80.9 cm³/mol. The summed E-state index contributed by atoms with van der Waals surface area (Å²) >= 11 is 0. The Morgan fingerprint density at radius 3 is 2.20 bits per heavy atom. The minimum atomic E-state index is -0.00907. The molecule has 0 aliphatic heterocycles. The Balaban J connectivity index is 2.15. The van der Waals surface area contributed by atoms with Crippen molar-refractivity contribution in [1.29, 1.82) is 0 Å². The van der Waals surface area contributed by atoms with Crippen LogP contribution in [0.1, 0.15) is 42.6 Å². The zero-order chi connectivity index (χ0) is 14.7. The van der Waals surface area contributed by atoms with Gasteiger partial charge in [0.2, 0.25) is 0 Å². The number of phenols is 2. The zero-order valence-electron chi connectivity index (χ0n) is 12.1. The number of nitrogens with one attached hydrogen (secondary N) is 1.